The number of pyridine rings is 2. The average Bonchev–Trinajstić information content (AvgIpc) is 2.53. The van der Waals surface area contributed by atoms with E-state index in [0.29, 0.717) is 16.7 Å². The lowest BCUT2D eigenvalue weighted by Crippen LogP contribution is -2.08. The highest BCUT2D eigenvalue weighted by Gasteiger charge is 2.17. The molecule has 0 aliphatic rings. The summed E-state index contributed by atoms with van der Waals surface area (Å²) in [5.74, 6) is -2.08. The van der Waals surface area contributed by atoms with Crippen molar-refractivity contribution in [2.24, 2.45) is 0 Å². The van der Waals surface area contributed by atoms with Crippen molar-refractivity contribution in [3.63, 3.8) is 0 Å². The fraction of sp³-hybridized carbons (Fsp3) is 0.118. The molecule has 0 aliphatic carbocycles. The van der Waals surface area contributed by atoms with Crippen molar-refractivity contribution in [2.75, 3.05) is 12.4 Å². The molecule has 25 heavy (non-hydrogen) atoms. The van der Waals surface area contributed by atoms with E-state index >= 15 is 0 Å². The molecule has 2 aromatic heterocycles. The van der Waals surface area contributed by atoms with E-state index < -0.39 is 17.6 Å². The molecule has 0 fully saturated rings. The number of fused-ring (bicyclic) bond motifs is 1. The highest BCUT2D eigenvalue weighted by molar-refractivity contribution is 6.05. The molecule has 0 saturated carbocycles. The molecule has 1 N–H and O–H groups in total. The average molecular weight is 366 g/mol. The molecule has 5 nitrogen and oxygen atoms in total. The lowest BCUT2D eigenvalue weighted by Gasteiger charge is -2.13. The molecule has 0 spiro atoms. The number of methoxy groups -OCH3 is 1. The number of hydrogen-bond acceptors (Lipinski definition) is 5. The number of esters is 1. The molecule has 3 aromatic rings. The van der Waals surface area contributed by atoms with E-state index in [4.69, 9.17) is 4.74 Å². The molecule has 130 valence electrons. The van der Waals surface area contributed by atoms with Crippen molar-refractivity contribution in [1.29, 1.82) is 0 Å². The Balaban J connectivity index is 0.00000225. The highest BCUT2D eigenvalue weighted by atomic mass is 35.5. The Kier molecular flexibility index (Phi) is 5.48. The Labute approximate surface area is 148 Å². The lowest BCUT2D eigenvalue weighted by atomic mass is 10.1. The molecule has 0 aliphatic heterocycles. The summed E-state index contributed by atoms with van der Waals surface area (Å²) in [6.07, 6.45) is 1.32. The van der Waals surface area contributed by atoms with Crippen LogP contribution in [0.25, 0.3) is 11.0 Å². The summed E-state index contributed by atoms with van der Waals surface area (Å²) < 4.78 is 31.6. The third kappa shape index (κ3) is 3.83. The summed E-state index contributed by atoms with van der Waals surface area (Å²) in [6.45, 7) is 1.81. The van der Waals surface area contributed by atoms with Gasteiger partial charge in [0.05, 0.1) is 12.8 Å². The third-order valence-corrected chi connectivity index (χ3v) is 3.41. The molecule has 0 unspecified atom stereocenters. The smallest absolute Gasteiger partial charge is 0.341 e. The fourth-order valence-electron chi connectivity index (χ4n) is 2.34. The summed E-state index contributed by atoms with van der Waals surface area (Å²) in [6, 6.07) is 6.50. The van der Waals surface area contributed by atoms with Crippen molar-refractivity contribution in [1.82, 2.24) is 9.97 Å². The number of aryl methyl sites for hydroxylation is 1. The van der Waals surface area contributed by atoms with Crippen LogP contribution in [0.1, 0.15) is 16.1 Å². The third-order valence-electron chi connectivity index (χ3n) is 3.41. The monoisotopic (exact) mass is 365 g/mol. The number of carbonyl (C=O) groups is 1. The fourth-order valence-corrected chi connectivity index (χ4v) is 2.34. The number of aromatic nitrogens is 2. The number of hydrogen-bond donors (Lipinski definition) is 1. The summed E-state index contributed by atoms with van der Waals surface area (Å²) in [5, 5.41) is 3.41. The zero-order valence-electron chi connectivity index (χ0n) is 13.3. The van der Waals surface area contributed by atoms with Gasteiger partial charge in [-0.1, -0.05) is 0 Å². The maximum atomic E-state index is 13.4. The van der Waals surface area contributed by atoms with Crippen molar-refractivity contribution in [3.05, 3.63) is 59.4 Å². The minimum absolute atomic E-state index is 0. The van der Waals surface area contributed by atoms with Gasteiger partial charge >= 0.3 is 5.97 Å². The van der Waals surface area contributed by atoms with Crippen molar-refractivity contribution in [2.45, 2.75) is 6.92 Å². The van der Waals surface area contributed by atoms with Crippen LogP contribution in [0.5, 0.6) is 0 Å². The van der Waals surface area contributed by atoms with Gasteiger partial charge in [0, 0.05) is 29.0 Å². The van der Waals surface area contributed by atoms with Crippen LogP contribution in [0, 0.1) is 18.6 Å². The molecule has 0 radical (unpaired) electrons. The number of carbonyl (C=O) groups excluding carboxylic acids is 1. The van der Waals surface area contributed by atoms with Gasteiger partial charge in [-0.25, -0.2) is 23.5 Å². The first-order chi connectivity index (χ1) is 11.5. The lowest BCUT2D eigenvalue weighted by molar-refractivity contribution is 0.0601. The van der Waals surface area contributed by atoms with Crippen LogP contribution >= 0.6 is 12.4 Å². The van der Waals surface area contributed by atoms with Gasteiger partial charge in [0.1, 0.15) is 17.2 Å². The number of halogens is 3. The van der Waals surface area contributed by atoms with E-state index in [9.17, 15) is 13.6 Å². The van der Waals surface area contributed by atoms with E-state index in [0.717, 1.165) is 23.9 Å². The van der Waals surface area contributed by atoms with E-state index in [2.05, 4.69) is 15.3 Å². The van der Waals surface area contributed by atoms with Crippen molar-refractivity contribution in [3.8, 4) is 0 Å². The van der Waals surface area contributed by atoms with Gasteiger partial charge in [0.15, 0.2) is 5.65 Å². The summed E-state index contributed by atoms with van der Waals surface area (Å²) in [5.41, 5.74) is 1.78. The van der Waals surface area contributed by atoms with Crippen LogP contribution < -0.4 is 5.32 Å². The molecule has 0 amide bonds. The van der Waals surface area contributed by atoms with E-state index in [1.807, 2.05) is 6.92 Å². The first kappa shape index (κ1) is 18.5. The van der Waals surface area contributed by atoms with Crippen LogP contribution in [0.2, 0.25) is 0 Å². The van der Waals surface area contributed by atoms with Gasteiger partial charge in [-0.05, 0) is 31.2 Å². The zero-order chi connectivity index (χ0) is 17.3. The molecule has 2 heterocycles. The molecule has 3 rings (SSSR count). The number of ether oxygens (including phenoxy) is 1. The van der Waals surface area contributed by atoms with Crippen molar-refractivity contribution < 1.29 is 18.3 Å². The SMILES string of the molecule is COC(=O)c1cnc2nc(C)ccc2c1Nc1cc(F)cc(F)c1.Cl. The van der Waals surface area contributed by atoms with E-state index in [1.54, 1.807) is 12.1 Å². The van der Waals surface area contributed by atoms with Gasteiger partial charge in [-0.3, -0.25) is 0 Å². The number of nitrogens with one attached hydrogen (secondary N) is 1. The second-order valence-corrected chi connectivity index (χ2v) is 5.15. The second kappa shape index (κ2) is 7.40. The summed E-state index contributed by atoms with van der Waals surface area (Å²) in [7, 11) is 1.24. The van der Waals surface area contributed by atoms with E-state index in [1.165, 1.54) is 13.3 Å². The molecule has 0 saturated heterocycles. The van der Waals surface area contributed by atoms with Gasteiger partial charge in [0.2, 0.25) is 0 Å². The normalized spacial score (nSPS) is 10.2. The summed E-state index contributed by atoms with van der Waals surface area (Å²) in [4.78, 5) is 20.4. The standard InChI is InChI=1S/C17H13F2N3O2.ClH/c1-9-3-4-13-15(22-12-6-10(18)5-11(19)7-12)14(17(23)24-2)8-20-16(13)21-9;/h3-8H,1-2H3,(H,20,21,22);1H. The number of benzene rings is 1. The van der Waals surface area contributed by atoms with Crippen LogP contribution in [-0.4, -0.2) is 23.0 Å². The Morgan fingerprint density at radius 2 is 1.84 bits per heavy atom. The molecule has 8 heteroatoms. The molecular weight excluding hydrogens is 352 g/mol. The van der Waals surface area contributed by atoms with Gasteiger partial charge in [-0.2, -0.15) is 0 Å². The molecule has 1 aromatic carbocycles. The predicted octanol–water partition coefficient (Wildman–Crippen LogP) is 4.17. The van der Waals surface area contributed by atoms with Crippen molar-refractivity contribution >= 4 is 40.8 Å². The molecule has 0 bridgehead atoms. The first-order valence-corrected chi connectivity index (χ1v) is 7.05. The molecule has 0 atom stereocenters. The molecular formula is C17H14ClF2N3O2. The van der Waals surface area contributed by atoms with Gasteiger partial charge in [0.25, 0.3) is 0 Å². The second-order valence-electron chi connectivity index (χ2n) is 5.15. The minimum atomic E-state index is -0.732. The van der Waals surface area contributed by atoms with Crippen LogP contribution in [-0.2, 0) is 4.74 Å². The predicted molar refractivity (Wildman–Crippen MR) is 92.5 cm³/mol. The van der Waals surface area contributed by atoms with Gasteiger partial charge in [-0.15, -0.1) is 12.4 Å². The Morgan fingerprint density at radius 1 is 1.16 bits per heavy atom. The van der Waals surface area contributed by atoms with Crippen LogP contribution in [0.3, 0.4) is 0 Å². The van der Waals surface area contributed by atoms with E-state index in [-0.39, 0.29) is 23.7 Å². The quantitative estimate of drug-likeness (QED) is 0.706. The maximum Gasteiger partial charge on any atom is 0.341 e. The van der Waals surface area contributed by atoms with Crippen LogP contribution in [0.4, 0.5) is 20.2 Å². The Morgan fingerprint density at radius 3 is 2.48 bits per heavy atom. The minimum Gasteiger partial charge on any atom is -0.465 e. The highest BCUT2D eigenvalue weighted by Crippen LogP contribution is 2.29. The van der Waals surface area contributed by atoms with Crippen LogP contribution in [0.15, 0.2) is 36.5 Å². The zero-order valence-corrected chi connectivity index (χ0v) is 14.2. The Hall–Kier alpha value is -2.80. The number of nitrogens with zero attached hydrogens (tertiary/aromatic N) is 2. The largest absolute Gasteiger partial charge is 0.465 e. The number of anilines is 2. The topological polar surface area (TPSA) is 64.1 Å². The maximum absolute atomic E-state index is 13.4. The summed E-state index contributed by atoms with van der Waals surface area (Å²) >= 11 is 0. The van der Waals surface area contributed by atoms with Gasteiger partial charge < -0.3 is 10.1 Å². The Bertz CT molecular complexity index is 930. The first-order valence-electron chi connectivity index (χ1n) is 7.05. The number of rotatable bonds is 3.